The smallest absolute Gasteiger partial charge is 0.321 e. The first-order valence-corrected chi connectivity index (χ1v) is 4.95. The Morgan fingerprint density at radius 2 is 2.00 bits per heavy atom. The van der Waals surface area contributed by atoms with Gasteiger partial charge in [-0.05, 0) is 19.1 Å². The maximum atomic E-state index is 11.5. The molecule has 82 valence electrons. The van der Waals surface area contributed by atoms with Gasteiger partial charge in [-0.1, -0.05) is 17.7 Å². The molecular weight excluding hydrogens is 190 g/mol. The number of nitrogens with zero attached hydrogens (tertiary/aromatic N) is 1. The molecule has 0 bridgehead atoms. The zero-order valence-electron chi connectivity index (χ0n) is 9.16. The van der Waals surface area contributed by atoms with Gasteiger partial charge in [0.15, 0.2) is 0 Å². The highest BCUT2D eigenvalue weighted by atomic mass is 16.2. The minimum absolute atomic E-state index is 0.135. The summed E-state index contributed by atoms with van der Waals surface area (Å²) in [5, 5.41) is 2.59. The van der Waals surface area contributed by atoms with Gasteiger partial charge in [0.25, 0.3) is 0 Å². The Labute approximate surface area is 90.1 Å². The van der Waals surface area contributed by atoms with Crippen LogP contribution in [-0.4, -0.2) is 26.2 Å². The molecule has 0 fully saturated rings. The van der Waals surface area contributed by atoms with Crippen LogP contribution >= 0.6 is 0 Å². The summed E-state index contributed by atoms with van der Waals surface area (Å²) < 4.78 is 0. The molecule has 0 atom stereocenters. The summed E-state index contributed by atoms with van der Waals surface area (Å²) in [6, 6.07) is 7.65. The fraction of sp³-hybridized carbons (Fsp3) is 0.364. The van der Waals surface area contributed by atoms with Crippen LogP contribution in [0.1, 0.15) is 5.56 Å². The Balaban J connectivity index is 2.88. The average molecular weight is 207 g/mol. The molecule has 0 heterocycles. The van der Waals surface area contributed by atoms with Crippen molar-refractivity contribution in [2.24, 2.45) is 5.73 Å². The molecule has 4 nitrogen and oxygen atoms in total. The van der Waals surface area contributed by atoms with Crippen molar-refractivity contribution in [2.45, 2.75) is 6.92 Å². The van der Waals surface area contributed by atoms with Gasteiger partial charge in [-0.25, -0.2) is 4.79 Å². The molecule has 0 aromatic heterocycles. The fourth-order valence-corrected chi connectivity index (χ4v) is 1.34. The molecule has 4 heteroatoms. The van der Waals surface area contributed by atoms with Crippen molar-refractivity contribution in [3.63, 3.8) is 0 Å². The number of urea groups is 1. The van der Waals surface area contributed by atoms with Crippen molar-refractivity contribution >= 4 is 11.7 Å². The minimum atomic E-state index is -0.135. The number of aryl methyl sites for hydroxylation is 1. The van der Waals surface area contributed by atoms with Crippen LogP contribution in [0.4, 0.5) is 10.5 Å². The van der Waals surface area contributed by atoms with Crippen molar-refractivity contribution < 1.29 is 4.79 Å². The van der Waals surface area contributed by atoms with Crippen molar-refractivity contribution in [2.75, 3.05) is 25.0 Å². The number of nitrogens with two attached hydrogens (primary N) is 1. The second kappa shape index (κ2) is 5.36. The Kier molecular flexibility index (Phi) is 4.12. The highest BCUT2D eigenvalue weighted by Crippen LogP contribution is 2.14. The van der Waals surface area contributed by atoms with E-state index in [-0.39, 0.29) is 6.03 Å². The summed E-state index contributed by atoms with van der Waals surface area (Å²) in [4.78, 5) is 13.2. The van der Waals surface area contributed by atoms with Crippen molar-refractivity contribution in [1.82, 2.24) is 5.32 Å². The molecule has 0 spiro atoms. The lowest BCUT2D eigenvalue weighted by atomic mass is 10.2. The topological polar surface area (TPSA) is 58.4 Å². The lowest BCUT2D eigenvalue weighted by molar-refractivity contribution is 0.248. The largest absolute Gasteiger partial charge is 0.341 e. The lowest BCUT2D eigenvalue weighted by Gasteiger charge is -2.21. The fourth-order valence-electron chi connectivity index (χ4n) is 1.34. The van der Waals surface area contributed by atoms with Gasteiger partial charge in [0.2, 0.25) is 0 Å². The van der Waals surface area contributed by atoms with Gasteiger partial charge in [-0.15, -0.1) is 0 Å². The number of anilines is 1. The standard InChI is InChI=1S/C11H17N3O/c1-9-3-5-10(6-4-9)14(8-7-12)11(15)13-2/h3-6H,7-8,12H2,1-2H3,(H,13,15). The number of nitrogens with one attached hydrogen (secondary N) is 1. The summed E-state index contributed by atoms with van der Waals surface area (Å²) in [5.41, 5.74) is 7.50. The number of amides is 2. The highest BCUT2D eigenvalue weighted by molar-refractivity contribution is 5.91. The normalized spacial score (nSPS) is 9.80. The zero-order chi connectivity index (χ0) is 11.3. The van der Waals surface area contributed by atoms with E-state index < -0.39 is 0 Å². The maximum absolute atomic E-state index is 11.5. The van der Waals surface area contributed by atoms with Gasteiger partial charge in [0.05, 0.1) is 0 Å². The van der Waals surface area contributed by atoms with Crippen molar-refractivity contribution in [1.29, 1.82) is 0 Å². The molecule has 1 rings (SSSR count). The zero-order valence-corrected chi connectivity index (χ0v) is 9.16. The number of benzene rings is 1. The van der Waals surface area contributed by atoms with Gasteiger partial charge in [-0.2, -0.15) is 0 Å². The monoisotopic (exact) mass is 207 g/mol. The third-order valence-corrected chi connectivity index (χ3v) is 2.16. The molecule has 0 unspecified atom stereocenters. The van der Waals surface area contributed by atoms with Crippen LogP contribution in [0.2, 0.25) is 0 Å². The predicted molar refractivity (Wildman–Crippen MR) is 62.0 cm³/mol. The summed E-state index contributed by atoms with van der Waals surface area (Å²) in [7, 11) is 1.61. The Bertz CT molecular complexity index is 321. The van der Waals surface area contributed by atoms with Crippen LogP contribution in [0, 0.1) is 6.92 Å². The third kappa shape index (κ3) is 2.95. The van der Waals surface area contributed by atoms with E-state index in [9.17, 15) is 4.79 Å². The average Bonchev–Trinajstić information content (AvgIpc) is 2.26. The molecule has 1 aromatic carbocycles. The van der Waals surface area contributed by atoms with Crippen LogP contribution in [-0.2, 0) is 0 Å². The summed E-state index contributed by atoms with van der Waals surface area (Å²) in [6.07, 6.45) is 0. The number of carbonyl (C=O) groups is 1. The van der Waals surface area contributed by atoms with Gasteiger partial charge in [0, 0.05) is 25.8 Å². The Morgan fingerprint density at radius 3 is 2.47 bits per heavy atom. The molecule has 0 saturated carbocycles. The molecule has 0 aliphatic carbocycles. The summed E-state index contributed by atoms with van der Waals surface area (Å²) >= 11 is 0. The molecule has 2 amide bonds. The van der Waals surface area contributed by atoms with Crippen LogP contribution in [0.15, 0.2) is 24.3 Å². The van der Waals surface area contributed by atoms with Crippen LogP contribution < -0.4 is 16.0 Å². The molecule has 3 N–H and O–H groups in total. The maximum Gasteiger partial charge on any atom is 0.321 e. The van der Waals surface area contributed by atoms with E-state index in [0.29, 0.717) is 13.1 Å². The van der Waals surface area contributed by atoms with Crippen LogP contribution in [0.3, 0.4) is 0 Å². The number of carbonyl (C=O) groups excluding carboxylic acids is 1. The van der Waals surface area contributed by atoms with E-state index in [1.807, 2.05) is 31.2 Å². The Morgan fingerprint density at radius 1 is 1.40 bits per heavy atom. The predicted octanol–water partition coefficient (Wildman–Crippen LogP) is 1.10. The summed E-state index contributed by atoms with van der Waals surface area (Å²) in [5.74, 6) is 0. The lowest BCUT2D eigenvalue weighted by Crippen LogP contribution is -2.41. The first-order chi connectivity index (χ1) is 7.19. The van der Waals surface area contributed by atoms with E-state index in [1.54, 1.807) is 11.9 Å². The van der Waals surface area contributed by atoms with Gasteiger partial charge >= 0.3 is 6.03 Å². The molecule has 0 aliphatic heterocycles. The molecule has 0 radical (unpaired) electrons. The first kappa shape index (κ1) is 11.5. The number of rotatable bonds is 3. The number of hydrogen-bond donors (Lipinski definition) is 2. The SMILES string of the molecule is CNC(=O)N(CCN)c1ccc(C)cc1. The summed E-state index contributed by atoms with van der Waals surface area (Å²) in [6.45, 7) is 2.97. The van der Waals surface area contributed by atoms with E-state index >= 15 is 0 Å². The minimum Gasteiger partial charge on any atom is -0.341 e. The van der Waals surface area contributed by atoms with Crippen molar-refractivity contribution in [3.8, 4) is 0 Å². The molecular formula is C11H17N3O. The van der Waals surface area contributed by atoms with E-state index in [4.69, 9.17) is 5.73 Å². The van der Waals surface area contributed by atoms with Gasteiger partial charge in [-0.3, -0.25) is 4.90 Å². The third-order valence-electron chi connectivity index (χ3n) is 2.16. The van der Waals surface area contributed by atoms with Gasteiger partial charge in [0.1, 0.15) is 0 Å². The van der Waals surface area contributed by atoms with Crippen molar-refractivity contribution in [3.05, 3.63) is 29.8 Å². The van der Waals surface area contributed by atoms with Gasteiger partial charge < -0.3 is 11.1 Å². The molecule has 0 saturated heterocycles. The Hall–Kier alpha value is -1.55. The van der Waals surface area contributed by atoms with E-state index in [1.165, 1.54) is 5.56 Å². The quantitative estimate of drug-likeness (QED) is 0.779. The second-order valence-corrected chi connectivity index (χ2v) is 3.33. The molecule has 1 aromatic rings. The molecule has 0 aliphatic rings. The number of hydrogen-bond acceptors (Lipinski definition) is 2. The van der Waals surface area contributed by atoms with E-state index in [0.717, 1.165) is 5.69 Å². The first-order valence-electron chi connectivity index (χ1n) is 4.95. The van der Waals surface area contributed by atoms with Crippen LogP contribution in [0.5, 0.6) is 0 Å². The van der Waals surface area contributed by atoms with Crippen LogP contribution in [0.25, 0.3) is 0 Å². The van der Waals surface area contributed by atoms with E-state index in [2.05, 4.69) is 5.32 Å². The second-order valence-electron chi connectivity index (χ2n) is 3.33. The highest BCUT2D eigenvalue weighted by Gasteiger charge is 2.12. The molecule has 15 heavy (non-hydrogen) atoms.